The van der Waals surface area contributed by atoms with Crippen molar-refractivity contribution in [2.45, 2.75) is 6.61 Å². The monoisotopic (exact) mass is 259 g/mol. The molecule has 2 N–H and O–H groups in total. The highest BCUT2D eigenvalue weighted by atomic mass is 16.5. The number of benzene rings is 1. The first-order valence-electron chi connectivity index (χ1n) is 5.51. The molecule has 0 aliphatic heterocycles. The molecule has 0 unspecified atom stereocenters. The first-order valence-corrected chi connectivity index (χ1v) is 5.51. The van der Waals surface area contributed by atoms with Crippen LogP contribution in [0, 0.1) is 10.9 Å². The Hall–Kier alpha value is -2.70. The van der Waals surface area contributed by atoms with Gasteiger partial charge < -0.3 is 9.47 Å². The largest absolute Gasteiger partial charge is 0.497 e. The Kier molecular flexibility index (Phi) is 3.87. The summed E-state index contributed by atoms with van der Waals surface area (Å²) < 4.78 is 10.5. The molecule has 2 rings (SSSR count). The van der Waals surface area contributed by atoms with Crippen molar-refractivity contribution in [2.24, 2.45) is 5.22 Å². The minimum atomic E-state index is 0.0202. The van der Waals surface area contributed by atoms with Crippen molar-refractivity contribution >= 4 is 0 Å². The van der Waals surface area contributed by atoms with Gasteiger partial charge >= 0.3 is 0 Å². The molecule has 2 aromatic rings. The summed E-state index contributed by atoms with van der Waals surface area (Å²) in [6.07, 6.45) is 0. The van der Waals surface area contributed by atoms with Crippen molar-refractivity contribution in [1.29, 1.82) is 10.9 Å². The molecule has 7 nitrogen and oxygen atoms in total. The Morgan fingerprint density at radius 3 is 2.58 bits per heavy atom. The van der Waals surface area contributed by atoms with Gasteiger partial charge in [-0.3, -0.25) is 5.41 Å². The third-order valence-corrected chi connectivity index (χ3v) is 2.43. The number of hydrogen-bond donors (Lipinski definition) is 2. The number of methoxy groups -OCH3 is 1. The summed E-state index contributed by atoms with van der Waals surface area (Å²) >= 11 is 0. The van der Waals surface area contributed by atoms with Gasteiger partial charge in [-0.15, -0.1) is 9.89 Å². The lowest BCUT2D eigenvalue weighted by atomic mass is 10.2. The number of nitrogens with one attached hydrogen (secondary N) is 2. The van der Waals surface area contributed by atoms with Crippen LogP contribution in [-0.2, 0) is 6.61 Å². The smallest absolute Gasteiger partial charge is 0.233 e. The predicted octanol–water partition coefficient (Wildman–Crippen LogP) is 1.74. The van der Waals surface area contributed by atoms with Crippen LogP contribution in [0.2, 0.25) is 0 Å². The topological polar surface area (TPSA) is 96.3 Å². The summed E-state index contributed by atoms with van der Waals surface area (Å²) in [4.78, 5) is 0.878. The molecule has 98 valence electrons. The van der Waals surface area contributed by atoms with E-state index in [1.165, 1.54) is 6.07 Å². The van der Waals surface area contributed by atoms with Crippen molar-refractivity contribution in [2.75, 3.05) is 7.11 Å². The van der Waals surface area contributed by atoms with Crippen molar-refractivity contribution < 1.29 is 9.47 Å². The molecule has 0 aliphatic carbocycles. The van der Waals surface area contributed by atoms with Gasteiger partial charge in [0.2, 0.25) is 5.88 Å². The zero-order valence-electron chi connectivity index (χ0n) is 10.3. The summed E-state index contributed by atoms with van der Waals surface area (Å²) in [5.41, 5.74) is 7.84. The zero-order chi connectivity index (χ0) is 13.7. The van der Waals surface area contributed by atoms with E-state index in [2.05, 4.69) is 10.3 Å². The van der Waals surface area contributed by atoms with Crippen molar-refractivity contribution in [3.05, 3.63) is 47.4 Å². The van der Waals surface area contributed by atoms with Crippen molar-refractivity contribution in [3.63, 3.8) is 0 Å². The highest BCUT2D eigenvalue weighted by Crippen LogP contribution is 2.13. The lowest BCUT2D eigenvalue weighted by Gasteiger charge is -2.06. The first kappa shape index (κ1) is 12.7. The summed E-state index contributed by atoms with van der Waals surface area (Å²) in [5.74, 6) is 1.09. The minimum absolute atomic E-state index is 0.0202. The van der Waals surface area contributed by atoms with Gasteiger partial charge in [0.15, 0.2) is 5.49 Å². The maximum Gasteiger partial charge on any atom is 0.233 e. The van der Waals surface area contributed by atoms with Gasteiger partial charge in [-0.1, -0.05) is 17.4 Å². The van der Waals surface area contributed by atoms with E-state index in [1.807, 2.05) is 24.3 Å². The fourth-order valence-electron chi connectivity index (χ4n) is 1.43. The molecule has 1 heterocycles. The summed E-state index contributed by atoms with van der Waals surface area (Å²) in [7, 11) is 1.61. The number of aromatic nitrogens is 2. The molecule has 1 aromatic carbocycles. The Morgan fingerprint density at radius 2 is 1.95 bits per heavy atom. The van der Waals surface area contributed by atoms with E-state index in [0.717, 1.165) is 16.1 Å². The molecule has 0 atom stereocenters. The van der Waals surface area contributed by atoms with E-state index in [-0.39, 0.29) is 5.49 Å². The third-order valence-electron chi connectivity index (χ3n) is 2.43. The van der Waals surface area contributed by atoms with Gasteiger partial charge in [-0.2, -0.15) is 5.53 Å². The molecule has 0 fully saturated rings. The van der Waals surface area contributed by atoms with Gasteiger partial charge in [0, 0.05) is 6.07 Å². The highest BCUT2D eigenvalue weighted by molar-refractivity contribution is 5.27. The summed E-state index contributed by atoms with van der Waals surface area (Å²) in [6, 6.07) is 10.5. The molecule has 19 heavy (non-hydrogen) atoms. The van der Waals surface area contributed by atoms with Crippen LogP contribution in [0.4, 0.5) is 0 Å². The average molecular weight is 259 g/mol. The quantitative estimate of drug-likeness (QED) is 0.800. The number of ether oxygens (including phenoxy) is 2. The lowest BCUT2D eigenvalue weighted by Crippen LogP contribution is -2.18. The Labute approximate surface area is 109 Å². The van der Waals surface area contributed by atoms with Crippen LogP contribution < -0.4 is 15.0 Å². The Morgan fingerprint density at radius 1 is 1.21 bits per heavy atom. The molecule has 0 radical (unpaired) electrons. The van der Waals surface area contributed by atoms with Gasteiger partial charge in [0.1, 0.15) is 12.4 Å². The SMILES string of the molecule is COc1ccc(COc2ccc(=N)n(N=N)n2)cc1. The van der Waals surface area contributed by atoms with E-state index in [1.54, 1.807) is 13.2 Å². The molecular weight excluding hydrogens is 246 g/mol. The molecule has 0 bridgehead atoms. The standard InChI is InChI=1S/C12H13N5O2/c1-18-10-4-2-9(3-5-10)8-19-12-7-6-11(13)17(15-12)16-14/h2-7,13-14H,8H2,1H3. The van der Waals surface area contributed by atoms with Gasteiger partial charge in [0.05, 0.1) is 7.11 Å². The van der Waals surface area contributed by atoms with Crippen LogP contribution in [0.5, 0.6) is 11.6 Å². The van der Waals surface area contributed by atoms with Crippen LogP contribution >= 0.6 is 0 Å². The average Bonchev–Trinajstić information content (AvgIpc) is 2.47. The van der Waals surface area contributed by atoms with E-state index in [0.29, 0.717) is 12.5 Å². The molecule has 1 aromatic heterocycles. The molecular formula is C12H13N5O2. The first-order chi connectivity index (χ1) is 9.22. The molecule has 7 heteroatoms. The second-order valence-corrected chi connectivity index (χ2v) is 3.68. The maximum atomic E-state index is 7.43. The normalized spacial score (nSPS) is 9.95. The van der Waals surface area contributed by atoms with Crippen LogP contribution in [0.15, 0.2) is 41.6 Å². The van der Waals surface area contributed by atoms with Crippen LogP contribution in [0.3, 0.4) is 0 Å². The zero-order valence-corrected chi connectivity index (χ0v) is 10.3. The van der Waals surface area contributed by atoms with Gasteiger partial charge in [-0.05, 0) is 23.8 Å². The molecule has 0 aliphatic rings. The van der Waals surface area contributed by atoms with E-state index in [9.17, 15) is 0 Å². The van der Waals surface area contributed by atoms with Crippen molar-refractivity contribution in [3.8, 4) is 11.6 Å². The van der Waals surface area contributed by atoms with E-state index in [4.69, 9.17) is 20.4 Å². The maximum absolute atomic E-state index is 7.43. The number of rotatable bonds is 5. The van der Waals surface area contributed by atoms with E-state index >= 15 is 0 Å². The third kappa shape index (κ3) is 3.15. The van der Waals surface area contributed by atoms with Crippen LogP contribution in [0.25, 0.3) is 0 Å². The Bertz CT molecular complexity index is 621. The molecule has 0 saturated heterocycles. The second-order valence-electron chi connectivity index (χ2n) is 3.68. The number of nitrogens with zero attached hydrogens (tertiary/aromatic N) is 3. The molecule has 0 spiro atoms. The second kappa shape index (κ2) is 5.76. The van der Waals surface area contributed by atoms with Crippen molar-refractivity contribution in [1.82, 2.24) is 9.89 Å². The Balaban J connectivity index is 2.05. The summed E-state index contributed by atoms with van der Waals surface area (Å²) in [6.45, 7) is 0.340. The van der Waals surface area contributed by atoms with Gasteiger partial charge in [0.25, 0.3) is 0 Å². The van der Waals surface area contributed by atoms with Gasteiger partial charge in [-0.25, -0.2) is 0 Å². The van der Waals surface area contributed by atoms with Crippen LogP contribution in [-0.4, -0.2) is 17.0 Å². The number of hydrogen-bond acceptors (Lipinski definition) is 6. The minimum Gasteiger partial charge on any atom is -0.497 e. The highest BCUT2D eigenvalue weighted by Gasteiger charge is 2.00. The fraction of sp³-hybridized carbons (Fsp3) is 0.167. The van der Waals surface area contributed by atoms with Crippen LogP contribution in [0.1, 0.15) is 5.56 Å². The fourth-order valence-corrected chi connectivity index (χ4v) is 1.43. The molecule has 0 saturated carbocycles. The molecule has 0 amide bonds. The summed E-state index contributed by atoms with van der Waals surface area (Å²) in [5, 5.41) is 14.4. The lowest BCUT2D eigenvalue weighted by molar-refractivity contribution is 0.283. The van der Waals surface area contributed by atoms with E-state index < -0.39 is 0 Å². The predicted molar refractivity (Wildman–Crippen MR) is 66.0 cm³/mol.